The van der Waals surface area contributed by atoms with Gasteiger partial charge in [-0.05, 0) is 37.5 Å². The number of benzene rings is 1. The monoisotopic (exact) mass is 218 g/mol. The quantitative estimate of drug-likeness (QED) is 0.781. The fourth-order valence-electron chi connectivity index (χ4n) is 2.37. The van der Waals surface area contributed by atoms with E-state index in [1.165, 1.54) is 5.56 Å². The van der Waals surface area contributed by atoms with Gasteiger partial charge in [0.15, 0.2) is 0 Å². The van der Waals surface area contributed by atoms with Crippen LogP contribution in [0.15, 0.2) is 18.2 Å². The van der Waals surface area contributed by atoms with Crippen molar-refractivity contribution in [3.8, 4) is 0 Å². The van der Waals surface area contributed by atoms with Crippen LogP contribution in [0.3, 0.4) is 0 Å². The molecule has 0 radical (unpaired) electrons. The van der Waals surface area contributed by atoms with E-state index in [1.54, 1.807) is 6.92 Å². The summed E-state index contributed by atoms with van der Waals surface area (Å²) in [5.74, 6) is 0.103. The third kappa shape index (κ3) is 1.71. The van der Waals surface area contributed by atoms with Gasteiger partial charge in [0, 0.05) is 24.7 Å². The molecular weight excluding hydrogens is 200 g/mol. The van der Waals surface area contributed by atoms with E-state index >= 15 is 0 Å². The molecule has 0 aromatic heterocycles. The zero-order valence-corrected chi connectivity index (χ0v) is 10.1. The van der Waals surface area contributed by atoms with Gasteiger partial charge in [-0.3, -0.25) is 4.79 Å². The van der Waals surface area contributed by atoms with E-state index in [0.29, 0.717) is 0 Å². The van der Waals surface area contributed by atoms with Gasteiger partial charge in [-0.1, -0.05) is 12.1 Å². The Morgan fingerprint density at radius 3 is 2.69 bits per heavy atom. The highest BCUT2D eigenvalue weighted by atomic mass is 16.2. The maximum atomic E-state index is 11.5. The van der Waals surface area contributed by atoms with Crippen molar-refractivity contribution >= 4 is 11.6 Å². The minimum atomic E-state index is -0.349. The molecule has 1 aliphatic rings. The van der Waals surface area contributed by atoms with Crippen LogP contribution in [0.1, 0.15) is 31.9 Å². The van der Waals surface area contributed by atoms with Crippen LogP contribution in [0.2, 0.25) is 0 Å². The molecule has 1 aromatic carbocycles. The molecule has 0 fully saturated rings. The van der Waals surface area contributed by atoms with Gasteiger partial charge >= 0.3 is 0 Å². The molecular formula is C13H18N2O. The average molecular weight is 218 g/mol. The Labute approximate surface area is 96.2 Å². The number of nitrogens with zero attached hydrogens (tertiary/aromatic N) is 1. The van der Waals surface area contributed by atoms with Crippen molar-refractivity contribution in [1.82, 2.24) is 0 Å². The average Bonchev–Trinajstić information content (AvgIpc) is 2.58. The van der Waals surface area contributed by atoms with Crippen molar-refractivity contribution in [2.45, 2.75) is 32.7 Å². The van der Waals surface area contributed by atoms with Crippen molar-refractivity contribution in [2.24, 2.45) is 5.73 Å². The maximum absolute atomic E-state index is 11.5. The lowest BCUT2D eigenvalue weighted by Gasteiger charge is -2.23. The molecule has 2 N–H and O–H groups in total. The molecule has 0 saturated carbocycles. The number of carbonyl (C=O) groups excluding carboxylic acids is 1. The molecule has 0 atom stereocenters. The summed E-state index contributed by atoms with van der Waals surface area (Å²) in [6.45, 7) is 6.38. The van der Waals surface area contributed by atoms with Crippen LogP contribution in [-0.2, 0) is 16.8 Å². The Morgan fingerprint density at radius 2 is 2.12 bits per heavy atom. The summed E-state index contributed by atoms with van der Waals surface area (Å²) < 4.78 is 0. The van der Waals surface area contributed by atoms with Crippen molar-refractivity contribution in [2.75, 3.05) is 11.4 Å². The van der Waals surface area contributed by atoms with Crippen molar-refractivity contribution in [1.29, 1.82) is 0 Å². The molecule has 0 saturated heterocycles. The second kappa shape index (κ2) is 3.59. The maximum Gasteiger partial charge on any atom is 0.223 e. The Bertz CT molecular complexity index is 432. The molecule has 1 heterocycles. The Hall–Kier alpha value is -1.35. The highest BCUT2D eigenvalue weighted by molar-refractivity contribution is 5.94. The summed E-state index contributed by atoms with van der Waals surface area (Å²) in [6.07, 6.45) is 0.908. The van der Waals surface area contributed by atoms with Gasteiger partial charge in [0.25, 0.3) is 0 Å². The van der Waals surface area contributed by atoms with Crippen molar-refractivity contribution in [3.05, 3.63) is 29.3 Å². The molecule has 86 valence electrons. The zero-order valence-electron chi connectivity index (χ0n) is 10.1. The standard InChI is InChI=1S/C13H18N2O/c1-9(16)15-8-7-10-11(13(2,3)14)5-4-6-12(10)15/h4-6H,7-8,14H2,1-3H3. The van der Waals surface area contributed by atoms with Crippen molar-refractivity contribution in [3.63, 3.8) is 0 Å². The number of hydrogen-bond acceptors (Lipinski definition) is 2. The minimum Gasteiger partial charge on any atom is -0.322 e. The Balaban J connectivity index is 2.52. The van der Waals surface area contributed by atoms with E-state index in [0.717, 1.165) is 24.2 Å². The fraction of sp³-hybridized carbons (Fsp3) is 0.462. The summed E-state index contributed by atoms with van der Waals surface area (Å²) in [5, 5.41) is 0. The van der Waals surface area contributed by atoms with Crippen LogP contribution in [-0.4, -0.2) is 12.5 Å². The van der Waals surface area contributed by atoms with E-state index in [4.69, 9.17) is 5.73 Å². The number of carbonyl (C=O) groups is 1. The largest absolute Gasteiger partial charge is 0.322 e. The first kappa shape index (κ1) is 11.1. The summed E-state index contributed by atoms with van der Waals surface area (Å²) in [7, 11) is 0. The molecule has 3 heteroatoms. The van der Waals surface area contributed by atoms with Gasteiger partial charge in [0.1, 0.15) is 0 Å². The predicted octanol–water partition coefficient (Wildman–Crippen LogP) is 1.79. The minimum absolute atomic E-state index is 0.103. The number of anilines is 1. The molecule has 0 spiro atoms. The van der Waals surface area contributed by atoms with Crippen LogP contribution in [0.25, 0.3) is 0 Å². The molecule has 3 nitrogen and oxygen atoms in total. The second-order valence-electron chi connectivity index (χ2n) is 4.95. The first-order chi connectivity index (χ1) is 7.41. The lowest BCUT2D eigenvalue weighted by Crippen LogP contribution is -2.30. The van der Waals surface area contributed by atoms with Gasteiger partial charge in [-0.15, -0.1) is 0 Å². The molecule has 0 aliphatic carbocycles. The third-order valence-corrected chi connectivity index (χ3v) is 3.10. The predicted molar refractivity (Wildman–Crippen MR) is 65.4 cm³/mol. The molecule has 1 aromatic rings. The molecule has 1 amide bonds. The van der Waals surface area contributed by atoms with Crippen LogP contribution < -0.4 is 10.6 Å². The van der Waals surface area contributed by atoms with Crippen LogP contribution >= 0.6 is 0 Å². The van der Waals surface area contributed by atoms with E-state index in [9.17, 15) is 4.79 Å². The van der Waals surface area contributed by atoms with Gasteiger partial charge in [0.2, 0.25) is 5.91 Å². The van der Waals surface area contributed by atoms with E-state index < -0.39 is 0 Å². The Kier molecular flexibility index (Phi) is 2.50. The fourth-order valence-corrected chi connectivity index (χ4v) is 2.37. The molecule has 0 bridgehead atoms. The number of rotatable bonds is 1. The normalized spacial score (nSPS) is 15.1. The number of amides is 1. The first-order valence-corrected chi connectivity index (χ1v) is 5.60. The van der Waals surface area contributed by atoms with Gasteiger partial charge < -0.3 is 10.6 Å². The number of nitrogens with two attached hydrogens (primary N) is 1. The van der Waals surface area contributed by atoms with Gasteiger partial charge in [0.05, 0.1) is 0 Å². The first-order valence-electron chi connectivity index (χ1n) is 5.60. The van der Waals surface area contributed by atoms with Crippen molar-refractivity contribution < 1.29 is 4.79 Å². The highest BCUT2D eigenvalue weighted by Gasteiger charge is 2.28. The Morgan fingerprint density at radius 1 is 1.44 bits per heavy atom. The SMILES string of the molecule is CC(=O)N1CCc2c1cccc2C(C)(C)N. The molecule has 1 aliphatic heterocycles. The van der Waals surface area contributed by atoms with Gasteiger partial charge in [-0.25, -0.2) is 0 Å². The summed E-state index contributed by atoms with van der Waals surface area (Å²) in [6, 6.07) is 6.03. The summed E-state index contributed by atoms with van der Waals surface area (Å²) >= 11 is 0. The smallest absolute Gasteiger partial charge is 0.223 e. The summed E-state index contributed by atoms with van der Waals surface area (Å²) in [4.78, 5) is 13.3. The topological polar surface area (TPSA) is 46.3 Å². The molecule has 2 rings (SSSR count). The van der Waals surface area contributed by atoms with E-state index in [-0.39, 0.29) is 11.4 Å². The highest BCUT2D eigenvalue weighted by Crippen LogP contribution is 2.34. The lowest BCUT2D eigenvalue weighted by atomic mass is 9.90. The van der Waals surface area contributed by atoms with Crippen LogP contribution in [0.5, 0.6) is 0 Å². The van der Waals surface area contributed by atoms with Crippen LogP contribution in [0, 0.1) is 0 Å². The zero-order chi connectivity index (χ0) is 11.9. The number of hydrogen-bond donors (Lipinski definition) is 1. The van der Waals surface area contributed by atoms with Crippen LogP contribution in [0.4, 0.5) is 5.69 Å². The summed E-state index contributed by atoms with van der Waals surface area (Å²) in [5.41, 5.74) is 9.20. The van der Waals surface area contributed by atoms with E-state index in [2.05, 4.69) is 6.07 Å². The van der Waals surface area contributed by atoms with Gasteiger partial charge in [-0.2, -0.15) is 0 Å². The molecule has 0 unspecified atom stereocenters. The second-order valence-corrected chi connectivity index (χ2v) is 4.95. The third-order valence-electron chi connectivity index (χ3n) is 3.10. The molecule has 16 heavy (non-hydrogen) atoms. The number of fused-ring (bicyclic) bond motifs is 1. The lowest BCUT2D eigenvalue weighted by molar-refractivity contribution is -0.116. The van der Waals surface area contributed by atoms with E-state index in [1.807, 2.05) is 30.9 Å².